The fraction of sp³-hybridized carbons (Fsp3) is 0.455. The van der Waals surface area contributed by atoms with E-state index < -0.39 is 0 Å². The quantitative estimate of drug-likeness (QED) is 0.856. The Kier molecular flexibility index (Phi) is 4.65. The Labute approximate surface area is 165 Å². The van der Waals surface area contributed by atoms with Crippen LogP contribution in [-0.2, 0) is 0 Å². The summed E-state index contributed by atoms with van der Waals surface area (Å²) >= 11 is 0. The Bertz CT molecular complexity index is 855. The Morgan fingerprint density at radius 2 is 1.68 bits per heavy atom. The predicted molar refractivity (Wildman–Crippen MR) is 106 cm³/mol. The molecule has 2 amide bonds. The van der Waals surface area contributed by atoms with Crippen molar-refractivity contribution in [3.05, 3.63) is 59.2 Å². The molecular weight excluding hydrogens is 352 g/mol. The third-order valence-electron chi connectivity index (χ3n) is 6.11. The zero-order valence-electron chi connectivity index (χ0n) is 16.4. The van der Waals surface area contributed by atoms with Crippen LogP contribution in [0.5, 0.6) is 0 Å². The van der Waals surface area contributed by atoms with Crippen molar-refractivity contribution in [2.24, 2.45) is 0 Å². The SMILES string of the molecule is Cc1cccc(C(=O)NC23CCCC(NC(=O)c4nccc(C)n4)(CC2)C3)c1. The molecule has 28 heavy (non-hydrogen) atoms. The van der Waals surface area contributed by atoms with Crippen LogP contribution in [0.25, 0.3) is 0 Å². The lowest BCUT2D eigenvalue weighted by molar-refractivity contribution is 0.0826. The molecule has 0 aliphatic heterocycles. The van der Waals surface area contributed by atoms with Crippen molar-refractivity contribution in [2.45, 2.75) is 63.5 Å². The van der Waals surface area contributed by atoms with Crippen molar-refractivity contribution in [3.63, 3.8) is 0 Å². The van der Waals surface area contributed by atoms with Crippen LogP contribution in [0.15, 0.2) is 36.5 Å². The van der Waals surface area contributed by atoms with Gasteiger partial charge in [-0.05, 0) is 70.6 Å². The summed E-state index contributed by atoms with van der Waals surface area (Å²) in [5.74, 6) is -0.0533. The first-order valence-corrected chi connectivity index (χ1v) is 9.90. The van der Waals surface area contributed by atoms with Gasteiger partial charge in [0.05, 0.1) is 0 Å². The Morgan fingerprint density at radius 1 is 0.964 bits per heavy atom. The van der Waals surface area contributed by atoms with E-state index in [0.717, 1.165) is 49.8 Å². The van der Waals surface area contributed by atoms with Gasteiger partial charge in [0.15, 0.2) is 0 Å². The number of carbonyl (C=O) groups excluding carboxylic acids is 2. The maximum Gasteiger partial charge on any atom is 0.289 e. The van der Waals surface area contributed by atoms with E-state index in [-0.39, 0.29) is 28.7 Å². The minimum atomic E-state index is -0.289. The molecule has 2 aromatic rings. The van der Waals surface area contributed by atoms with E-state index in [0.29, 0.717) is 5.56 Å². The third kappa shape index (κ3) is 3.63. The molecule has 0 radical (unpaired) electrons. The minimum Gasteiger partial charge on any atom is -0.347 e. The molecule has 2 unspecified atom stereocenters. The minimum absolute atomic E-state index is 0.0326. The predicted octanol–water partition coefficient (Wildman–Crippen LogP) is 3.10. The molecule has 2 bridgehead atoms. The third-order valence-corrected chi connectivity index (χ3v) is 6.11. The van der Waals surface area contributed by atoms with Crippen LogP contribution in [0.4, 0.5) is 0 Å². The smallest absolute Gasteiger partial charge is 0.289 e. The van der Waals surface area contributed by atoms with E-state index in [9.17, 15) is 9.59 Å². The fourth-order valence-corrected chi connectivity index (χ4v) is 4.79. The summed E-state index contributed by atoms with van der Waals surface area (Å²) in [5.41, 5.74) is 1.99. The number of fused-ring (bicyclic) bond motifs is 2. The van der Waals surface area contributed by atoms with Gasteiger partial charge in [0, 0.05) is 28.5 Å². The van der Waals surface area contributed by atoms with Crippen molar-refractivity contribution in [2.75, 3.05) is 0 Å². The number of carbonyl (C=O) groups is 2. The summed E-state index contributed by atoms with van der Waals surface area (Å²) < 4.78 is 0. The molecule has 6 heteroatoms. The van der Waals surface area contributed by atoms with Gasteiger partial charge in [0.25, 0.3) is 11.8 Å². The van der Waals surface area contributed by atoms with E-state index >= 15 is 0 Å². The molecule has 0 saturated heterocycles. The van der Waals surface area contributed by atoms with Crippen LogP contribution >= 0.6 is 0 Å². The largest absolute Gasteiger partial charge is 0.347 e. The highest BCUT2D eigenvalue weighted by Crippen LogP contribution is 2.48. The van der Waals surface area contributed by atoms with Gasteiger partial charge in [-0.3, -0.25) is 9.59 Å². The topological polar surface area (TPSA) is 84.0 Å². The zero-order chi connectivity index (χ0) is 19.8. The lowest BCUT2D eigenvalue weighted by Gasteiger charge is -2.40. The molecule has 2 atom stereocenters. The van der Waals surface area contributed by atoms with Crippen molar-refractivity contribution in [1.29, 1.82) is 0 Å². The molecule has 6 nitrogen and oxygen atoms in total. The van der Waals surface area contributed by atoms with Gasteiger partial charge in [0.1, 0.15) is 0 Å². The van der Waals surface area contributed by atoms with Crippen molar-refractivity contribution < 1.29 is 9.59 Å². The molecule has 2 aliphatic rings. The first-order chi connectivity index (χ1) is 13.4. The highest BCUT2D eigenvalue weighted by Gasteiger charge is 2.52. The first kappa shape index (κ1) is 18.6. The summed E-state index contributed by atoms with van der Waals surface area (Å²) in [4.78, 5) is 33.9. The molecule has 0 spiro atoms. The van der Waals surface area contributed by atoms with Gasteiger partial charge in [-0.2, -0.15) is 0 Å². The number of hydrogen-bond acceptors (Lipinski definition) is 4. The van der Waals surface area contributed by atoms with Crippen molar-refractivity contribution in [3.8, 4) is 0 Å². The maximum absolute atomic E-state index is 12.8. The van der Waals surface area contributed by atoms with Crippen LogP contribution in [0.2, 0.25) is 0 Å². The van der Waals surface area contributed by atoms with E-state index in [2.05, 4.69) is 20.6 Å². The van der Waals surface area contributed by atoms with Gasteiger partial charge in [0.2, 0.25) is 5.82 Å². The van der Waals surface area contributed by atoms with Crippen LogP contribution in [-0.4, -0.2) is 32.9 Å². The average Bonchev–Trinajstić information content (AvgIpc) is 2.91. The lowest BCUT2D eigenvalue weighted by atomic mass is 9.78. The molecule has 1 heterocycles. The van der Waals surface area contributed by atoms with Crippen LogP contribution in [0, 0.1) is 13.8 Å². The monoisotopic (exact) mass is 378 g/mol. The fourth-order valence-electron chi connectivity index (χ4n) is 4.79. The highest BCUT2D eigenvalue weighted by molar-refractivity contribution is 5.95. The molecule has 4 rings (SSSR count). The van der Waals surface area contributed by atoms with E-state index in [1.54, 1.807) is 12.3 Å². The lowest BCUT2D eigenvalue weighted by Crippen LogP contribution is -2.55. The van der Waals surface area contributed by atoms with Crippen LogP contribution in [0.1, 0.15) is 70.8 Å². The molecule has 2 N–H and O–H groups in total. The normalized spacial score (nSPS) is 25.9. The maximum atomic E-state index is 12.8. The van der Waals surface area contributed by atoms with E-state index in [1.807, 2.05) is 38.1 Å². The molecule has 146 valence electrons. The summed E-state index contributed by atoms with van der Waals surface area (Å²) in [5, 5.41) is 6.49. The summed E-state index contributed by atoms with van der Waals surface area (Å²) in [6.45, 7) is 3.83. The molecule has 2 aliphatic carbocycles. The zero-order valence-corrected chi connectivity index (χ0v) is 16.4. The van der Waals surface area contributed by atoms with E-state index in [1.165, 1.54) is 0 Å². The van der Waals surface area contributed by atoms with Crippen LogP contribution < -0.4 is 10.6 Å². The van der Waals surface area contributed by atoms with Gasteiger partial charge >= 0.3 is 0 Å². The molecular formula is C22H26N4O2. The van der Waals surface area contributed by atoms with Gasteiger partial charge in [-0.15, -0.1) is 0 Å². The summed E-state index contributed by atoms with van der Waals surface area (Å²) in [6, 6.07) is 9.43. The number of rotatable bonds is 4. The number of nitrogens with zero attached hydrogens (tertiary/aromatic N) is 2. The van der Waals surface area contributed by atoms with Gasteiger partial charge < -0.3 is 10.6 Å². The van der Waals surface area contributed by atoms with Crippen molar-refractivity contribution >= 4 is 11.8 Å². The second-order valence-electron chi connectivity index (χ2n) is 8.39. The van der Waals surface area contributed by atoms with E-state index in [4.69, 9.17) is 0 Å². The molecule has 2 saturated carbocycles. The number of aryl methyl sites for hydroxylation is 2. The Balaban J connectivity index is 1.48. The Hall–Kier alpha value is -2.76. The standard InChI is InChI=1S/C22H26N4O2/c1-15-5-3-6-17(13-15)19(27)25-21-8-4-9-22(14-21,11-10-21)26-20(28)18-23-12-7-16(2)24-18/h3,5-7,12-13H,4,8-11,14H2,1-2H3,(H,25,27)(H,26,28). The molecule has 2 fully saturated rings. The molecule has 1 aromatic heterocycles. The molecule has 1 aromatic carbocycles. The van der Waals surface area contributed by atoms with Gasteiger partial charge in [-0.25, -0.2) is 9.97 Å². The Morgan fingerprint density at radius 3 is 2.36 bits per heavy atom. The summed E-state index contributed by atoms with van der Waals surface area (Å²) in [7, 11) is 0. The number of amides is 2. The summed E-state index contributed by atoms with van der Waals surface area (Å²) in [6.07, 6.45) is 6.95. The first-order valence-electron chi connectivity index (χ1n) is 9.90. The van der Waals surface area contributed by atoms with Crippen LogP contribution in [0.3, 0.4) is 0 Å². The average molecular weight is 378 g/mol. The van der Waals surface area contributed by atoms with Gasteiger partial charge in [-0.1, -0.05) is 17.7 Å². The second kappa shape index (κ2) is 7.00. The number of aromatic nitrogens is 2. The number of hydrogen-bond donors (Lipinski definition) is 2. The second-order valence-corrected chi connectivity index (χ2v) is 8.39. The number of nitrogens with one attached hydrogen (secondary N) is 2. The number of benzene rings is 1. The highest BCUT2D eigenvalue weighted by atomic mass is 16.2. The van der Waals surface area contributed by atoms with Crippen molar-refractivity contribution in [1.82, 2.24) is 20.6 Å².